The predicted molar refractivity (Wildman–Crippen MR) is 122 cm³/mol. The van der Waals surface area contributed by atoms with Crippen LogP contribution in [-0.4, -0.2) is 56.9 Å². The first-order chi connectivity index (χ1) is 16.9. The highest BCUT2D eigenvalue weighted by molar-refractivity contribution is 7.93. The first kappa shape index (κ1) is 25.1. The number of halogens is 2. The number of hydrogen-bond acceptors (Lipinski definition) is 9. The molecule has 15 heteroatoms. The van der Waals surface area contributed by atoms with Gasteiger partial charge < -0.3 is 10.1 Å². The Morgan fingerprint density at radius 2 is 1.89 bits per heavy atom. The number of carbonyl (C=O) groups excluding carboxylic acids is 2. The molecule has 0 bridgehead atoms. The number of aryl methyl sites for hydroxylation is 1. The van der Waals surface area contributed by atoms with E-state index in [1.165, 1.54) is 37.0 Å². The summed E-state index contributed by atoms with van der Waals surface area (Å²) in [7, 11) is -1.68. The fourth-order valence-corrected chi connectivity index (χ4v) is 5.81. The molecule has 1 saturated heterocycles. The molecule has 12 nitrogen and oxygen atoms in total. The Morgan fingerprint density at radius 1 is 1.17 bits per heavy atom. The van der Waals surface area contributed by atoms with Gasteiger partial charge in [0.15, 0.2) is 21.3 Å². The van der Waals surface area contributed by atoms with Crippen LogP contribution >= 0.6 is 0 Å². The largest absolute Gasteiger partial charge is 0.441 e. The third kappa shape index (κ3) is 5.15. The van der Waals surface area contributed by atoms with E-state index in [1.807, 2.05) is 0 Å². The van der Waals surface area contributed by atoms with Crippen LogP contribution < -0.4 is 10.6 Å². The summed E-state index contributed by atoms with van der Waals surface area (Å²) >= 11 is 0. The maximum Gasteiger partial charge on any atom is 0.413 e. The molecule has 4 heterocycles. The van der Waals surface area contributed by atoms with E-state index >= 15 is 0 Å². The average molecular weight is 522 g/mol. The van der Waals surface area contributed by atoms with Gasteiger partial charge in [-0.15, -0.1) is 5.10 Å². The van der Waals surface area contributed by atoms with Crippen LogP contribution in [0.2, 0.25) is 0 Å². The number of hydrogen-bond donors (Lipinski definition) is 2. The minimum atomic E-state index is -3.19. The van der Waals surface area contributed by atoms with Crippen LogP contribution in [0.1, 0.15) is 25.5 Å². The van der Waals surface area contributed by atoms with Crippen molar-refractivity contribution in [2.24, 2.45) is 12.5 Å². The van der Waals surface area contributed by atoms with Crippen molar-refractivity contribution >= 4 is 33.3 Å². The Bertz CT molecular complexity index is 1430. The molecule has 4 rings (SSSR count). The van der Waals surface area contributed by atoms with Crippen LogP contribution in [0.5, 0.6) is 0 Å². The molecule has 3 aromatic rings. The summed E-state index contributed by atoms with van der Waals surface area (Å²) in [6.07, 6.45) is -0.0692. The number of nitrogens with one attached hydrogen (secondary N) is 2. The number of nitrogens with zero attached hydrogens (tertiary/aromatic N) is 5. The minimum Gasteiger partial charge on any atom is -0.441 e. The van der Waals surface area contributed by atoms with E-state index in [-0.39, 0.29) is 28.6 Å². The maximum absolute atomic E-state index is 13.9. The lowest BCUT2D eigenvalue weighted by Gasteiger charge is -2.35. The van der Waals surface area contributed by atoms with Gasteiger partial charge in [-0.3, -0.25) is 15.1 Å². The second kappa shape index (κ2) is 9.22. The van der Waals surface area contributed by atoms with Crippen LogP contribution in [0.15, 0.2) is 30.6 Å². The lowest BCUT2D eigenvalue weighted by atomic mass is 9.93. The molecule has 0 unspecified atom stereocenters. The van der Waals surface area contributed by atoms with Crippen molar-refractivity contribution in [2.75, 3.05) is 22.1 Å². The van der Waals surface area contributed by atoms with E-state index in [0.717, 1.165) is 6.07 Å². The fraction of sp³-hybridized carbons (Fsp3) is 0.333. The van der Waals surface area contributed by atoms with Gasteiger partial charge in [-0.05, 0) is 32.0 Å². The monoisotopic (exact) mass is 521 g/mol. The first-order valence-electron chi connectivity index (χ1n) is 10.5. The Hall–Kier alpha value is -4.01. The van der Waals surface area contributed by atoms with Gasteiger partial charge in [-0.25, -0.2) is 27.3 Å². The average Bonchev–Trinajstić information content (AvgIpc) is 3.14. The summed E-state index contributed by atoms with van der Waals surface area (Å²) in [5, 5.41) is 12.9. The van der Waals surface area contributed by atoms with Gasteiger partial charge in [0.1, 0.15) is 11.9 Å². The molecule has 2 amide bonds. The quantitative estimate of drug-likeness (QED) is 0.464. The Balaban J connectivity index is 1.44. The Labute approximate surface area is 204 Å². The molecule has 1 aliphatic heterocycles. The zero-order valence-electron chi connectivity index (χ0n) is 19.3. The number of aromatic nitrogens is 5. The van der Waals surface area contributed by atoms with Gasteiger partial charge in [-0.2, -0.15) is 4.39 Å². The molecular formula is C21H21F2N7O5S. The van der Waals surface area contributed by atoms with Crippen molar-refractivity contribution < 1.29 is 31.5 Å². The molecule has 3 aromatic heterocycles. The van der Waals surface area contributed by atoms with Crippen LogP contribution in [0.4, 0.5) is 25.1 Å². The van der Waals surface area contributed by atoms with Crippen molar-refractivity contribution in [3.63, 3.8) is 0 Å². The van der Waals surface area contributed by atoms with E-state index in [2.05, 4.69) is 30.9 Å². The molecule has 0 aromatic carbocycles. The number of pyridine rings is 2. The van der Waals surface area contributed by atoms with Crippen LogP contribution in [0, 0.1) is 17.2 Å². The van der Waals surface area contributed by atoms with Crippen LogP contribution in [0.25, 0.3) is 11.4 Å². The standard InChI is InChI=1S/C21H21F2N7O5S/c1-11(14-6-12(22)7-25-17(14)23)35-20(32)27-18-16(28-29-30(18)3)15-5-4-13(8-24-15)26-19(31)21(2)9-36(33,34)10-21/h4-8,11H,9-10H2,1-3H3,(H,26,31)(H,27,32)/t11-/m1/s1. The Kier molecular flexibility index (Phi) is 6.43. The topological polar surface area (TPSA) is 158 Å². The van der Waals surface area contributed by atoms with Crippen molar-refractivity contribution in [3.05, 3.63) is 47.9 Å². The van der Waals surface area contributed by atoms with Gasteiger partial charge in [0, 0.05) is 7.05 Å². The molecule has 36 heavy (non-hydrogen) atoms. The highest BCUT2D eigenvalue weighted by Crippen LogP contribution is 2.34. The molecule has 1 atom stereocenters. The fourth-order valence-electron chi connectivity index (χ4n) is 3.69. The number of sulfone groups is 1. The maximum atomic E-state index is 13.9. The number of anilines is 2. The molecule has 0 saturated carbocycles. The van der Waals surface area contributed by atoms with Gasteiger partial charge in [-0.1, -0.05) is 5.21 Å². The van der Waals surface area contributed by atoms with Crippen molar-refractivity contribution in [1.82, 2.24) is 25.0 Å². The third-order valence-corrected chi connectivity index (χ3v) is 7.64. The summed E-state index contributed by atoms with van der Waals surface area (Å²) in [5.74, 6) is -2.51. The van der Waals surface area contributed by atoms with Crippen molar-refractivity contribution in [3.8, 4) is 11.4 Å². The van der Waals surface area contributed by atoms with E-state index in [4.69, 9.17) is 4.74 Å². The number of amides is 2. The summed E-state index contributed by atoms with van der Waals surface area (Å²) in [6.45, 7) is 2.93. The molecule has 0 aliphatic carbocycles. The third-order valence-electron chi connectivity index (χ3n) is 5.49. The zero-order chi connectivity index (χ0) is 26.3. The van der Waals surface area contributed by atoms with E-state index in [0.29, 0.717) is 17.6 Å². The van der Waals surface area contributed by atoms with Gasteiger partial charge in [0.2, 0.25) is 11.9 Å². The lowest BCUT2D eigenvalue weighted by molar-refractivity contribution is -0.123. The zero-order valence-corrected chi connectivity index (χ0v) is 20.1. The lowest BCUT2D eigenvalue weighted by Crippen LogP contribution is -2.53. The molecule has 1 aliphatic rings. The molecule has 1 fully saturated rings. The van der Waals surface area contributed by atoms with Crippen molar-refractivity contribution in [2.45, 2.75) is 20.0 Å². The van der Waals surface area contributed by atoms with E-state index < -0.39 is 45.1 Å². The summed E-state index contributed by atoms with van der Waals surface area (Å²) < 4.78 is 56.5. The van der Waals surface area contributed by atoms with Gasteiger partial charge >= 0.3 is 6.09 Å². The van der Waals surface area contributed by atoms with Crippen LogP contribution in [0.3, 0.4) is 0 Å². The number of carbonyl (C=O) groups is 2. The second-order valence-electron chi connectivity index (χ2n) is 8.60. The second-order valence-corrected chi connectivity index (χ2v) is 10.7. The van der Waals surface area contributed by atoms with Gasteiger partial charge in [0.25, 0.3) is 0 Å². The summed E-state index contributed by atoms with van der Waals surface area (Å²) in [6, 6.07) is 3.94. The molecule has 0 radical (unpaired) electrons. The smallest absolute Gasteiger partial charge is 0.413 e. The first-order valence-corrected chi connectivity index (χ1v) is 12.4. The highest BCUT2D eigenvalue weighted by Gasteiger charge is 2.50. The number of rotatable bonds is 6. The summed E-state index contributed by atoms with van der Waals surface area (Å²) in [4.78, 5) is 32.3. The predicted octanol–water partition coefficient (Wildman–Crippen LogP) is 2.23. The highest BCUT2D eigenvalue weighted by atomic mass is 32.2. The molecular weight excluding hydrogens is 500 g/mol. The normalized spacial score (nSPS) is 16.5. The van der Waals surface area contributed by atoms with E-state index in [9.17, 15) is 26.8 Å². The van der Waals surface area contributed by atoms with Gasteiger partial charge in [0.05, 0.1) is 46.3 Å². The summed E-state index contributed by atoms with van der Waals surface area (Å²) in [5.41, 5.74) is -0.424. The van der Waals surface area contributed by atoms with E-state index in [1.54, 1.807) is 6.92 Å². The Morgan fingerprint density at radius 3 is 2.53 bits per heavy atom. The van der Waals surface area contributed by atoms with Crippen LogP contribution in [-0.2, 0) is 26.4 Å². The molecule has 0 spiro atoms. The minimum absolute atomic E-state index is 0.113. The molecule has 190 valence electrons. The molecule has 2 N–H and O–H groups in total. The number of ether oxygens (including phenoxy) is 1. The SMILES string of the molecule is C[C@@H](OC(=O)Nc1c(-c2ccc(NC(=O)C3(C)CS(=O)(=O)C3)cn2)nnn1C)c1cc(F)cnc1F. The van der Waals surface area contributed by atoms with Crippen molar-refractivity contribution in [1.29, 1.82) is 0 Å².